The maximum atomic E-state index is 13.2. The smallest absolute Gasteiger partial charge is 0.309 e. The lowest BCUT2D eigenvalue weighted by molar-refractivity contribution is -0.151. The molecule has 3 rings (SSSR count). The molecule has 0 spiro atoms. The number of nitrogens with zero attached hydrogens (tertiary/aromatic N) is 2. The van der Waals surface area contributed by atoms with Gasteiger partial charge < -0.3 is 19.3 Å². The first kappa shape index (κ1) is 32.0. The van der Waals surface area contributed by atoms with Crippen molar-refractivity contribution in [1.29, 1.82) is 0 Å². The van der Waals surface area contributed by atoms with Gasteiger partial charge in [-0.05, 0) is 62.1 Å². The molecule has 3 atom stereocenters. The average Bonchev–Trinajstić information content (AvgIpc) is 3.40. The van der Waals surface area contributed by atoms with Gasteiger partial charge in [0.15, 0.2) is 0 Å². The van der Waals surface area contributed by atoms with Gasteiger partial charge in [-0.2, -0.15) is 0 Å². The molecular weight excluding hydrogens is 504 g/mol. The number of amides is 2. The van der Waals surface area contributed by atoms with E-state index in [-0.39, 0.29) is 24.2 Å². The van der Waals surface area contributed by atoms with Crippen molar-refractivity contribution < 1.29 is 23.9 Å². The van der Waals surface area contributed by atoms with Crippen LogP contribution in [0.25, 0.3) is 0 Å². The fourth-order valence-electron chi connectivity index (χ4n) is 6.13. The highest BCUT2D eigenvalue weighted by Crippen LogP contribution is 2.36. The van der Waals surface area contributed by atoms with Crippen molar-refractivity contribution in [3.05, 3.63) is 29.8 Å². The van der Waals surface area contributed by atoms with Crippen LogP contribution >= 0.6 is 0 Å². The van der Waals surface area contributed by atoms with E-state index in [0.717, 1.165) is 37.2 Å². The van der Waals surface area contributed by atoms with Gasteiger partial charge in [-0.3, -0.25) is 14.4 Å². The Hall–Kier alpha value is -2.57. The minimum Gasteiger partial charge on any atom is -0.492 e. The molecule has 1 saturated carbocycles. The van der Waals surface area contributed by atoms with E-state index in [4.69, 9.17) is 9.47 Å². The van der Waals surface area contributed by atoms with Crippen molar-refractivity contribution in [1.82, 2.24) is 9.80 Å². The fourth-order valence-corrected chi connectivity index (χ4v) is 6.13. The SMILES string of the molecule is CCCCCCCCC(=O)N(C)CCOc1ccc(CC(CC(=O)N2C[C@H]3CCCC[C@H]3C2)C(=O)OCC)cc1. The third kappa shape index (κ3) is 10.4. The topological polar surface area (TPSA) is 76.2 Å². The quantitative estimate of drug-likeness (QED) is 0.173. The van der Waals surface area contributed by atoms with E-state index >= 15 is 0 Å². The van der Waals surface area contributed by atoms with Crippen LogP contribution < -0.4 is 4.74 Å². The highest BCUT2D eigenvalue weighted by Gasteiger charge is 2.37. The molecule has 2 fully saturated rings. The summed E-state index contributed by atoms with van der Waals surface area (Å²) in [6.07, 6.45) is 13.3. The molecule has 0 bridgehead atoms. The van der Waals surface area contributed by atoms with Gasteiger partial charge in [0.2, 0.25) is 11.8 Å². The maximum absolute atomic E-state index is 13.2. The Kier molecular flexibility index (Phi) is 13.8. The summed E-state index contributed by atoms with van der Waals surface area (Å²) in [5.41, 5.74) is 0.972. The molecule has 1 unspecified atom stereocenters. The van der Waals surface area contributed by atoms with E-state index in [0.29, 0.717) is 44.4 Å². The first-order chi connectivity index (χ1) is 19.4. The molecule has 1 aliphatic heterocycles. The number of esters is 1. The summed E-state index contributed by atoms with van der Waals surface area (Å²) in [5.74, 6) is 1.43. The lowest BCUT2D eigenvalue weighted by Gasteiger charge is -2.22. The Morgan fingerprint density at radius 3 is 2.25 bits per heavy atom. The molecule has 0 N–H and O–H groups in total. The van der Waals surface area contributed by atoms with Crippen molar-refractivity contribution in [2.75, 3.05) is 39.9 Å². The summed E-state index contributed by atoms with van der Waals surface area (Å²) in [6.45, 7) is 6.96. The van der Waals surface area contributed by atoms with Gasteiger partial charge in [0.05, 0.1) is 19.1 Å². The Labute approximate surface area is 242 Å². The molecular formula is C33H52N2O5. The van der Waals surface area contributed by atoms with Crippen molar-refractivity contribution in [3.8, 4) is 5.75 Å². The van der Waals surface area contributed by atoms with Crippen LogP contribution in [0.3, 0.4) is 0 Å². The Morgan fingerprint density at radius 2 is 1.60 bits per heavy atom. The number of likely N-dealkylation sites (tertiary alicyclic amines) is 1. The van der Waals surface area contributed by atoms with Crippen LogP contribution in [0.5, 0.6) is 5.75 Å². The second-order valence-electron chi connectivity index (χ2n) is 11.8. The van der Waals surface area contributed by atoms with Crippen LogP contribution in [0, 0.1) is 17.8 Å². The largest absolute Gasteiger partial charge is 0.492 e. The molecule has 40 heavy (non-hydrogen) atoms. The van der Waals surface area contributed by atoms with Gasteiger partial charge in [0.25, 0.3) is 0 Å². The van der Waals surface area contributed by atoms with Crippen LogP contribution in [0.4, 0.5) is 0 Å². The second-order valence-corrected chi connectivity index (χ2v) is 11.8. The number of unbranched alkanes of at least 4 members (excludes halogenated alkanes) is 5. The number of carbonyl (C=O) groups is 3. The summed E-state index contributed by atoms with van der Waals surface area (Å²) in [4.78, 5) is 42.0. The molecule has 2 amide bonds. The van der Waals surface area contributed by atoms with Crippen LogP contribution in [0.1, 0.15) is 96.5 Å². The Bertz CT molecular complexity index is 904. The highest BCUT2D eigenvalue weighted by molar-refractivity contribution is 5.83. The summed E-state index contributed by atoms with van der Waals surface area (Å²) in [6, 6.07) is 7.68. The van der Waals surface area contributed by atoms with E-state index in [2.05, 4.69) is 6.92 Å². The predicted molar refractivity (Wildman–Crippen MR) is 158 cm³/mol. The van der Waals surface area contributed by atoms with Gasteiger partial charge >= 0.3 is 5.97 Å². The monoisotopic (exact) mass is 556 g/mol. The van der Waals surface area contributed by atoms with Crippen molar-refractivity contribution in [2.24, 2.45) is 17.8 Å². The summed E-state index contributed by atoms with van der Waals surface area (Å²) < 4.78 is 11.2. The zero-order valence-corrected chi connectivity index (χ0v) is 25.2. The van der Waals surface area contributed by atoms with Crippen molar-refractivity contribution >= 4 is 17.8 Å². The van der Waals surface area contributed by atoms with Crippen LogP contribution in [-0.4, -0.2) is 67.5 Å². The molecule has 1 aliphatic carbocycles. The summed E-state index contributed by atoms with van der Waals surface area (Å²) in [5, 5.41) is 0. The molecule has 7 nitrogen and oxygen atoms in total. The molecule has 1 heterocycles. The molecule has 1 aromatic rings. The molecule has 224 valence electrons. The molecule has 0 radical (unpaired) electrons. The lowest BCUT2D eigenvalue weighted by atomic mass is 9.82. The highest BCUT2D eigenvalue weighted by atomic mass is 16.5. The van der Waals surface area contributed by atoms with Gasteiger partial charge in [-0.1, -0.05) is 64.0 Å². The van der Waals surface area contributed by atoms with Crippen LogP contribution in [-0.2, 0) is 25.5 Å². The third-order valence-electron chi connectivity index (χ3n) is 8.64. The summed E-state index contributed by atoms with van der Waals surface area (Å²) in [7, 11) is 1.83. The molecule has 7 heteroatoms. The number of hydrogen-bond donors (Lipinski definition) is 0. The zero-order valence-electron chi connectivity index (χ0n) is 25.2. The normalized spacial score (nSPS) is 19.1. The number of hydrogen-bond acceptors (Lipinski definition) is 5. The van der Waals surface area contributed by atoms with Crippen molar-refractivity contribution in [3.63, 3.8) is 0 Å². The van der Waals surface area contributed by atoms with E-state index in [1.807, 2.05) is 36.2 Å². The minimum absolute atomic E-state index is 0.0718. The van der Waals surface area contributed by atoms with Gasteiger partial charge in [-0.25, -0.2) is 0 Å². The second kappa shape index (κ2) is 17.3. The third-order valence-corrected chi connectivity index (χ3v) is 8.64. The van der Waals surface area contributed by atoms with Gasteiger partial charge in [0.1, 0.15) is 12.4 Å². The molecule has 1 saturated heterocycles. The first-order valence-corrected chi connectivity index (χ1v) is 15.8. The first-order valence-electron chi connectivity index (χ1n) is 15.8. The number of likely N-dealkylation sites (N-methyl/N-ethyl adjacent to an activating group) is 1. The van der Waals surface area contributed by atoms with E-state index in [1.165, 1.54) is 51.4 Å². The predicted octanol–water partition coefficient (Wildman–Crippen LogP) is 6.03. The number of rotatable bonds is 17. The van der Waals surface area contributed by atoms with Crippen molar-refractivity contribution in [2.45, 2.75) is 97.3 Å². The minimum atomic E-state index is -0.492. The van der Waals surface area contributed by atoms with E-state index < -0.39 is 5.92 Å². The lowest BCUT2D eigenvalue weighted by Crippen LogP contribution is -2.33. The van der Waals surface area contributed by atoms with Crippen LogP contribution in [0.15, 0.2) is 24.3 Å². The Morgan fingerprint density at radius 1 is 0.950 bits per heavy atom. The number of ether oxygens (including phenoxy) is 2. The standard InChI is InChI=1S/C33H52N2O5/c1-4-6-7-8-9-10-15-31(36)34(3)20-21-40-30-18-16-26(17-19-30)22-29(33(38)39-5-2)23-32(37)35-24-27-13-11-12-14-28(27)25-35/h16-19,27-29H,4-15,20-25H2,1-3H3/t27-,28+,29?. The zero-order chi connectivity index (χ0) is 28.7. The maximum Gasteiger partial charge on any atom is 0.309 e. The average molecular weight is 557 g/mol. The summed E-state index contributed by atoms with van der Waals surface area (Å²) >= 11 is 0. The Balaban J connectivity index is 1.42. The van der Waals surface area contributed by atoms with E-state index in [1.54, 1.807) is 11.8 Å². The number of fused-ring (bicyclic) bond motifs is 1. The molecule has 2 aliphatic rings. The van der Waals surface area contributed by atoms with Crippen LogP contribution in [0.2, 0.25) is 0 Å². The van der Waals surface area contributed by atoms with Gasteiger partial charge in [-0.15, -0.1) is 0 Å². The number of benzene rings is 1. The van der Waals surface area contributed by atoms with E-state index in [9.17, 15) is 14.4 Å². The fraction of sp³-hybridized carbons (Fsp3) is 0.727. The molecule has 0 aromatic heterocycles. The van der Waals surface area contributed by atoms with Gasteiger partial charge in [0, 0.05) is 33.0 Å². The number of carbonyl (C=O) groups excluding carboxylic acids is 3. The molecule has 1 aromatic carbocycles.